The smallest absolute Gasteiger partial charge is 0.352 e. The minimum Gasteiger partial charge on any atom is -0.477 e. The van der Waals surface area contributed by atoms with Gasteiger partial charge in [0, 0.05) is 18.4 Å². The van der Waals surface area contributed by atoms with E-state index in [0.29, 0.717) is 26.4 Å². The third-order valence-electron chi connectivity index (χ3n) is 4.57. The van der Waals surface area contributed by atoms with E-state index in [4.69, 9.17) is 0 Å². The lowest BCUT2D eigenvalue weighted by Crippen LogP contribution is -2.70. The number of hydrogen-bond donors (Lipinski definition) is 3. The number of rotatable bonds is 9. The van der Waals surface area contributed by atoms with Crippen molar-refractivity contribution in [1.29, 1.82) is 0 Å². The molecule has 0 spiro atoms. The van der Waals surface area contributed by atoms with E-state index in [1.54, 1.807) is 0 Å². The van der Waals surface area contributed by atoms with Crippen LogP contribution in [0.25, 0.3) is 0 Å². The Morgan fingerprint density at radius 2 is 2.15 bits per heavy atom. The van der Waals surface area contributed by atoms with E-state index in [9.17, 15) is 24.3 Å². The van der Waals surface area contributed by atoms with Gasteiger partial charge in [0.05, 0.1) is 6.54 Å². The number of tetrazole rings is 1. The summed E-state index contributed by atoms with van der Waals surface area (Å²) in [5.41, 5.74) is 0.518. The van der Waals surface area contributed by atoms with Crippen LogP contribution in [0.3, 0.4) is 0 Å². The molecule has 1 saturated heterocycles. The van der Waals surface area contributed by atoms with Crippen LogP contribution in [0.2, 0.25) is 0 Å². The molecule has 14 nitrogen and oxygen atoms in total. The summed E-state index contributed by atoms with van der Waals surface area (Å²) in [6.45, 7) is 1.53. The van der Waals surface area contributed by atoms with Crippen molar-refractivity contribution in [2.75, 3.05) is 11.5 Å². The standard InChI is InChI=1S/C16H17N9O5S3/c1-7(26)17-2-10-20-21-16(33-10)32-5-8-4-31-14-11(13(28)25(14)12(8)15(29)30)19-9(27)3-24-6-18-22-23-24/h6,11,14H,2-5H2,1H3,(H,17,26)(H,19,27)(H,29,30)/t11?,14-/m1/s1. The number of carboxylic acids is 1. The van der Waals surface area contributed by atoms with E-state index < -0.39 is 29.2 Å². The zero-order chi connectivity index (χ0) is 23.5. The van der Waals surface area contributed by atoms with Gasteiger partial charge in [0.25, 0.3) is 5.91 Å². The molecule has 2 aromatic rings. The first kappa shape index (κ1) is 23.1. The molecule has 1 fully saturated rings. The molecule has 4 heterocycles. The van der Waals surface area contributed by atoms with Crippen molar-refractivity contribution in [2.45, 2.75) is 35.8 Å². The van der Waals surface area contributed by atoms with Crippen molar-refractivity contribution in [3.63, 3.8) is 0 Å². The van der Waals surface area contributed by atoms with E-state index in [0.717, 1.165) is 0 Å². The van der Waals surface area contributed by atoms with Gasteiger partial charge in [0.2, 0.25) is 11.8 Å². The van der Waals surface area contributed by atoms with Crippen molar-refractivity contribution in [1.82, 2.24) is 45.9 Å². The summed E-state index contributed by atoms with van der Waals surface area (Å²) in [5.74, 6) is -1.60. The topological polar surface area (TPSA) is 185 Å². The van der Waals surface area contributed by atoms with Gasteiger partial charge in [-0.1, -0.05) is 23.1 Å². The summed E-state index contributed by atoms with van der Waals surface area (Å²) in [5, 5.41) is 33.7. The molecular weight excluding hydrogens is 494 g/mol. The first-order valence-electron chi connectivity index (χ1n) is 9.43. The van der Waals surface area contributed by atoms with Crippen molar-refractivity contribution in [3.05, 3.63) is 22.6 Å². The summed E-state index contributed by atoms with van der Waals surface area (Å²) in [4.78, 5) is 49.1. The number of hydrogen-bond acceptors (Lipinski definition) is 12. The Labute approximate surface area is 198 Å². The van der Waals surface area contributed by atoms with Crippen molar-refractivity contribution >= 4 is 58.6 Å². The predicted molar refractivity (Wildman–Crippen MR) is 116 cm³/mol. The largest absolute Gasteiger partial charge is 0.477 e. The maximum absolute atomic E-state index is 12.7. The van der Waals surface area contributed by atoms with Gasteiger partial charge in [0.1, 0.15) is 35.0 Å². The maximum Gasteiger partial charge on any atom is 0.352 e. The van der Waals surface area contributed by atoms with Crippen molar-refractivity contribution < 1.29 is 24.3 Å². The van der Waals surface area contributed by atoms with E-state index in [1.165, 1.54) is 57.7 Å². The molecule has 1 unspecified atom stereocenters. The number of carbonyl (C=O) groups excluding carboxylic acids is 3. The molecule has 0 radical (unpaired) electrons. The molecule has 0 bridgehead atoms. The molecule has 33 heavy (non-hydrogen) atoms. The lowest BCUT2D eigenvalue weighted by atomic mass is 10.0. The molecule has 3 amide bonds. The van der Waals surface area contributed by atoms with Crippen LogP contribution in [0.4, 0.5) is 0 Å². The van der Waals surface area contributed by atoms with Crippen molar-refractivity contribution in [3.8, 4) is 0 Å². The zero-order valence-corrected chi connectivity index (χ0v) is 19.4. The molecule has 2 aliphatic rings. The maximum atomic E-state index is 12.7. The van der Waals surface area contributed by atoms with Gasteiger partial charge in [-0.15, -0.1) is 27.1 Å². The van der Waals surface area contributed by atoms with Crippen LogP contribution in [-0.4, -0.2) is 87.0 Å². The number of nitrogens with zero attached hydrogens (tertiary/aromatic N) is 7. The molecule has 0 aromatic carbocycles. The third-order valence-corrected chi connectivity index (χ3v) is 8.05. The second-order valence-corrected chi connectivity index (χ2v) is 10.3. The molecule has 17 heteroatoms. The highest BCUT2D eigenvalue weighted by Crippen LogP contribution is 2.41. The Morgan fingerprint density at radius 3 is 2.85 bits per heavy atom. The second-order valence-electron chi connectivity index (χ2n) is 6.88. The van der Waals surface area contributed by atoms with Gasteiger partial charge < -0.3 is 15.7 Å². The van der Waals surface area contributed by atoms with Crippen LogP contribution < -0.4 is 10.6 Å². The summed E-state index contributed by atoms with van der Waals surface area (Å²) in [7, 11) is 0. The minimum atomic E-state index is -1.20. The Hall–Kier alpha value is -3.05. The van der Waals surface area contributed by atoms with E-state index in [-0.39, 0.29) is 24.7 Å². The van der Waals surface area contributed by atoms with Crippen LogP contribution in [-0.2, 0) is 32.3 Å². The summed E-state index contributed by atoms with van der Waals surface area (Å²) in [6.07, 6.45) is 1.28. The molecule has 2 aromatic heterocycles. The average molecular weight is 512 g/mol. The molecule has 2 aliphatic heterocycles. The average Bonchev–Trinajstić information content (AvgIpc) is 3.45. The van der Waals surface area contributed by atoms with E-state index >= 15 is 0 Å². The van der Waals surface area contributed by atoms with Crippen LogP contribution in [0.1, 0.15) is 11.9 Å². The number of aromatic nitrogens is 6. The number of amides is 3. The van der Waals surface area contributed by atoms with Crippen molar-refractivity contribution in [2.24, 2.45) is 0 Å². The highest BCUT2D eigenvalue weighted by atomic mass is 32.2. The summed E-state index contributed by atoms with van der Waals surface area (Å²) >= 11 is 4.00. The van der Waals surface area contributed by atoms with Crippen LogP contribution in [0, 0.1) is 0 Å². The first-order valence-corrected chi connectivity index (χ1v) is 12.3. The zero-order valence-electron chi connectivity index (χ0n) is 17.0. The van der Waals surface area contributed by atoms with Gasteiger partial charge in [0.15, 0.2) is 4.34 Å². The van der Waals surface area contributed by atoms with Gasteiger partial charge in [-0.25, -0.2) is 9.48 Å². The minimum absolute atomic E-state index is 0.0646. The SMILES string of the molecule is CC(=O)NCc1nnc(SCC2=C(C(=O)O)N3C(=O)C(NC(=O)Cn4cnnn4)[C@H]3SC2)s1. The first-order chi connectivity index (χ1) is 15.8. The van der Waals surface area contributed by atoms with Gasteiger partial charge in [-0.2, -0.15) is 0 Å². The summed E-state index contributed by atoms with van der Waals surface area (Å²) < 4.78 is 1.85. The molecule has 0 aliphatic carbocycles. The number of aliphatic carboxylic acids is 1. The van der Waals surface area contributed by atoms with Crippen LogP contribution in [0.5, 0.6) is 0 Å². The lowest BCUT2D eigenvalue weighted by Gasteiger charge is -2.49. The van der Waals surface area contributed by atoms with Gasteiger partial charge >= 0.3 is 5.97 Å². The number of β-lactam (4-membered cyclic amide) rings is 1. The number of fused-ring (bicyclic) bond motifs is 1. The van der Waals surface area contributed by atoms with Crippen LogP contribution >= 0.6 is 34.9 Å². The number of carboxylic acid groups (broad SMARTS) is 1. The molecular formula is C16H17N9O5S3. The van der Waals surface area contributed by atoms with E-state index in [1.807, 2.05) is 0 Å². The fraction of sp³-hybridized carbons (Fsp3) is 0.438. The Morgan fingerprint density at radius 1 is 1.33 bits per heavy atom. The monoisotopic (exact) mass is 511 g/mol. The highest BCUT2D eigenvalue weighted by Gasteiger charge is 2.54. The Kier molecular flexibility index (Phi) is 6.89. The number of thioether (sulfide) groups is 2. The summed E-state index contributed by atoms with van der Waals surface area (Å²) in [6, 6.07) is -0.818. The molecule has 4 rings (SSSR count). The second kappa shape index (κ2) is 9.84. The number of nitrogens with one attached hydrogen (secondary N) is 2. The fourth-order valence-electron chi connectivity index (χ4n) is 3.13. The quantitative estimate of drug-likeness (QED) is 0.267. The normalized spacial score (nSPS) is 19.7. The predicted octanol–water partition coefficient (Wildman–Crippen LogP) is -1.31. The van der Waals surface area contributed by atoms with Crippen LogP contribution in [0.15, 0.2) is 21.9 Å². The fourth-order valence-corrected chi connectivity index (χ4v) is 6.45. The molecule has 0 saturated carbocycles. The molecule has 174 valence electrons. The number of carbonyl (C=O) groups is 4. The van der Waals surface area contributed by atoms with Gasteiger partial charge in [-0.05, 0) is 16.0 Å². The van der Waals surface area contributed by atoms with Gasteiger partial charge in [-0.3, -0.25) is 19.3 Å². The molecule has 2 atom stereocenters. The van der Waals surface area contributed by atoms with E-state index in [2.05, 4.69) is 36.4 Å². The lowest BCUT2D eigenvalue weighted by molar-refractivity contribution is -0.150. The Balaban J connectivity index is 1.39. The third kappa shape index (κ3) is 5.14. The molecule has 3 N–H and O–H groups in total. The Bertz CT molecular complexity index is 1120. The highest BCUT2D eigenvalue weighted by molar-refractivity contribution is 8.01.